The number of pyridine rings is 1. The Morgan fingerprint density at radius 2 is 2.38 bits per heavy atom. The highest BCUT2D eigenvalue weighted by atomic mass is 16.1. The zero-order valence-corrected chi connectivity index (χ0v) is 7.79. The monoisotopic (exact) mass is 175 g/mol. The minimum atomic E-state index is 0.218. The fourth-order valence-corrected chi connectivity index (χ4v) is 1.53. The summed E-state index contributed by atoms with van der Waals surface area (Å²) < 4.78 is 0. The molecule has 0 bridgehead atoms. The number of ketones is 1. The summed E-state index contributed by atoms with van der Waals surface area (Å²) in [5.74, 6) is 0.779. The molecule has 0 unspecified atom stereocenters. The van der Waals surface area contributed by atoms with Gasteiger partial charge in [0.1, 0.15) is 0 Å². The van der Waals surface area contributed by atoms with Crippen LogP contribution in [0.3, 0.4) is 0 Å². The number of carbonyl (C=O) groups is 1. The Kier molecular flexibility index (Phi) is 2.13. The summed E-state index contributed by atoms with van der Waals surface area (Å²) in [5.41, 5.74) is 1.86. The molecule has 13 heavy (non-hydrogen) atoms. The lowest BCUT2D eigenvalue weighted by Crippen LogP contribution is -2.03. The lowest BCUT2D eigenvalue weighted by molar-refractivity contribution is 0.0987. The van der Waals surface area contributed by atoms with Gasteiger partial charge in [0, 0.05) is 24.1 Å². The van der Waals surface area contributed by atoms with E-state index in [1.807, 2.05) is 19.1 Å². The van der Waals surface area contributed by atoms with Gasteiger partial charge in [-0.15, -0.1) is 0 Å². The Balaban J connectivity index is 2.36. The largest absolute Gasteiger partial charge is 0.294 e. The molecule has 2 nitrogen and oxygen atoms in total. The topological polar surface area (TPSA) is 30.0 Å². The molecule has 0 radical (unpaired) electrons. The minimum Gasteiger partial charge on any atom is -0.294 e. The molecule has 2 heteroatoms. The number of hydrogen-bond donors (Lipinski definition) is 0. The van der Waals surface area contributed by atoms with E-state index < -0.39 is 0 Å². The lowest BCUT2D eigenvalue weighted by Gasteiger charge is -2.03. The average Bonchev–Trinajstić information content (AvgIpc) is 3.00. The van der Waals surface area contributed by atoms with Crippen LogP contribution >= 0.6 is 0 Å². The van der Waals surface area contributed by atoms with E-state index in [2.05, 4.69) is 4.98 Å². The molecular formula is C11H13NO. The molecule has 1 fully saturated rings. The van der Waals surface area contributed by atoms with Gasteiger partial charge in [0.25, 0.3) is 0 Å². The van der Waals surface area contributed by atoms with Gasteiger partial charge < -0.3 is 0 Å². The first-order chi connectivity index (χ1) is 6.33. The van der Waals surface area contributed by atoms with Crippen molar-refractivity contribution in [3.63, 3.8) is 0 Å². The molecule has 0 amide bonds. The van der Waals surface area contributed by atoms with Crippen LogP contribution in [0.4, 0.5) is 0 Å². The summed E-state index contributed by atoms with van der Waals surface area (Å²) in [5, 5.41) is 0. The lowest BCUT2D eigenvalue weighted by atomic mass is 10.0. The average molecular weight is 175 g/mol. The summed E-state index contributed by atoms with van der Waals surface area (Å²) in [6.07, 6.45) is 4.74. The van der Waals surface area contributed by atoms with Gasteiger partial charge in [0.05, 0.1) is 5.69 Å². The van der Waals surface area contributed by atoms with E-state index in [1.165, 1.54) is 12.8 Å². The molecule has 0 aliphatic heterocycles. The highest BCUT2D eigenvalue weighted by Gasteiger charge is 2.28. The molecule has 0 spiro atoms. The highest BCUT2D eigenvalue weighted by molar-refractivity contribution is 5.97. The fourth-order valence-electron chi connectivity index (χ4n) is 1.53. The maximum absolute atomic E-state index is 11.5. The van der Waals surface area contributed by atoms with E-state index in [-0.39, 0.29) is 5.78 Å². The molecule has 0 aromatic carbocycles. The number of aromatic nitrogens is 1. The predicted molar refractivity (Wildman–Crippen MR) is 50.8 cm³/mol. The second kappa shape index (κ2) is 3.29. The van der Waals surface area contributed by atoms with Gasteiger partial charge in [-0.25, -0.2) is 0 Å². The Bertz CT molecular complexity index is 329. The summed E-state index contributed by atoms with van der Waals surface area (Å²) in [6.45, 7) is 1.89. The second-order valence-corrected chi connectivity index (χ2v) is 3.49. The zero-order valence-electron chi connectivity index (χ0n) is 7.79. The summed E-state index contributed by atoms with van der Waals surface area (Å²) in [4.78, 5) is 15.8. The second-order valence-electron chi connectivity index (χ2n) is 3.49. The third-order valence-electron chi connectivity index (χ3n) is 2.42. The van der Waals surface area contributed by atoms with E-state index in [4.69, 9.17) is 0 Å². The number of carbonyl (C=O) groups excluding carboxylic acids is 1. The van der Waals surface area contributed by atoms with Crippen molar-refractivity contribution in [1.82, 2.24) is 4.98 Å². The van der Waals surface area contributed by atoms with Crippen molar-refractivity contribution in [3.05, 3.63) is 29.6 Å². The summed E-state index contributed by atoms with van der Waals surface area (Å²) >= 11 is 0. The SMILES string of the molecule is CCC(=O)c1cccnc1C1CC1. The van der Waals surface area contributed by atoms with Gasteiger partial charge in [0.15, 0.2) is 5.78 Å². The van der Waals surface area contributed by atoms with Crippen LogP contribution in [-0.2, 0) is 0 Å². The van der Waals surface area contributed by atoms with Gasteiger partial charge >= 0.3 is 0 Å². The van der Waals surface area contributed by atoms with Crippen LogP contribution in [-0.4, -0.2) is 10.8 Å². The standard InChI is InChI=1S/C11H13NO/c1-2-10(13)9-4-3-7-12-11(9)8-5-6-8/h3-4,7-8H,2,5-6H2,1H3. The van der Waals surface area contributed by atoms with Crippen molar-refractivity contribution in [2.24, 2.45) is 0 Å². The van der Waals surface area contributed by atoms with Gasteiger partial charge in [-0.3, -0.25) is 9.78 Å². The van der Waals surface area contributed by atoms with Crippen molar-refractivity contribution in [3.8, 4) is 0 Å². The van der Waals surface area contributed by atoms with Gasteiger partial charge in [-0.2, -0.15) is 0 Å². The predicted octanol–water partition coefficient (Wildman–Crippen LogP) is 2.55. The van der Waals surface area contributed by atoms with Crippen LogP contribution in [0.5, 0.6) is 0 Å². The van der Waals surface area contributed by atoms with Gasteiger partial charge in [0.2, 0.25) is 0 Å². The maximum Gasteiger partial charge on any atom is 0.164 e. The highest BCUT2D eigenvalue weighted by Crippen LogP contribution is 2.40. The van der Waals surface area contributed by atoms with Crippen LogP contribution < -0.4 is 0 Å². The van der Waals surface area contributed by atoms with Crippen LogP contribution in [0.25, 0.3) is 0 Å². The van der Waals surface area contributed by atoms with E-state index in [0.717, 1.165) is 11.3 Å². The first-order valence-electron chi connectivity index (χ1n) is 4.81. The molecule has 0 atom stereocenters. The van der Waals surface area contributed by atoms with Crippen molar-refractivity contribution in [2.45, 2.75) is 32.1 Å². The smallest absolute Gasteiger partial charge is 0.164 e. The molecule has 1 aliphatic carbocycles. The number of rotatable bonds is 3. The van der Waals surface area contributed by atoms with Crippen LogP contribution in [0.1, 0.15) is 48.2 Å². The van der Waals surface area contributed by atoms with Crippen molar-refractivity contribution in [2.75, 3.05) is 0 Å². The molecule has 1 aromatic heterocycles. The summed E-state index contributed by atoms with van der Waals surface area (Å²) in [6, 6.07) is 3.74. The molecule has 1 aliphatic rings. The zero-order chi connectivity index (χ0) is 9.26. The molecular weight excluding hydrogens is 162 g/mol. The van der Waals surface area contributed by atoms with E-state index in [1.54, 1.807) is 6.20 Å². The first-order valence-corrected chi connectivity index (χ1v) is 4.81. The van der Waals surface area contributed by atoms with Gasteiger partial charge in [-0.1, -0.05) is 6.92 Å². The Labute approximate surface area is 78.0 Å². The van der Waals surface area contributed by atoms with Crippen molar-refractivity contribution >= 4 is 5.78 Å². The third-order valence-corrected chi connectivity index (χ3v) is 2.42. The van der Waals surface area contributed by atoms with Crippen LogP contribution in [0.2, 0.25) is 0 Å². The van der Waals surface area contributed by atoms with Crippen LogP contribution in [0.15, 0.2) is 18.3 Å². The van der Waals surface area contributed by atoms with E-state index in [9.17, 15) is 4.79 Å². The third kappa shape index (κ3) is 1.62. The quantitative estimate of drug-likeness (QED) is 0.661. The number of Topliss-reactive ketones (excluding diaryl/α,β-unsaturated/α-hetero) is 1. The normalized spacial score (nSPS) is 15.8. The number of nitrogens with zero attached hydrogens (tertiary/aromatic N) is 1. The Morgan fingerprint density at radius 1 is 1.62 bits per heavy atom. The molecule has 0 N–H and O–H groups in total. The maximum atomic E-state index is 11.5. The molecule has 68 valence electrons. The van der Waals surface area contributed by atoms with Crippen molar-refractivity contribution < 1.29 is 4.79 Å². The molecule has 1 saturated carbocycles. The summed E-state index contributed by atoms with van der Waals surface area (Å²) in [7, 11) is 0. The Hall–Kier alpha value is -1.18. The van der Waals surface area contributed by atoms with Crippen LogP contribution in [0, 0.1) is 0 Å². The number of hydrogen-bond acceptors (Lipinski definition) is 2. The molecule has 0 saturated heterocycles. The molecule has 2 rings (SSSR count). The van der Waals surface area contributed by atoms with Gasteiger partial charge in [-0.05, 0) is 25.0 Å². The van der Waals surface area contributed by atoms with E-state index in [0.29, 0.717) is 12.3 Å². The van der Waals surface area contributed by atoms with Crippen molar-refractivity contribution in [1.29, 1.82) is 0 Å². The Morgan fingerprint density at radius 3 is 3.00 bits per heavy atom. The van der Waals surface area contributed by atoms with E-state index >= 15 is 0 Å². The minimum absolute atomic E-state index is 0.218. The first kappa shape index (κ1) is 8.42. The molecule has 1 aromatic rings. The fraction of sp³-hybridized carbons (Fsp3) is 0.455. The molecule has 1 heterocycles.